The fraction of sp³-hybridized carbons (Fsp3) is 1.00. The van der Waals surface area contributed by atoms with E-state index in [1.54, 1.807) is 0 Å². The van der Waals surface area contributed by atoms with Crippen LogP contribution in [0, 0.1) is 0 Å². The van der Waals surface area contributed by atoms with E-state index in [0.717, 1.165) is 11.9 Å². The van der Waals surface area contributed by atoms with Crippen molar-refractivity contribution in [2.45, 2.75) is 38.1 Å². The van der Waals surface area contributed by atoms with Gasteiger partial charge >= 0.3 is 0 Å². The lowest BCUT2D eigenvalue weighted by atomic mass is 10.0. The van der Waals surface area contributed by atoms with Crippen molar-refractivity contribution in [3.63, 3.8) is 0 Å². The monoisotopic (exact) mass is 161 g/mol. The van der Waals surface area contributed by atoms with E-state index in [2.05, 4.69) is 5.32 Å². The molecule has 1 aliphatic rings. The van der Waals surface area contributed by atoms with E-state index >= 15 is 0 Å². The highest BCUT2D eigenvalue weighted by Crippen LogP contribution is 2.11. The molecule has 1 rings (SSSR count). The molecule has 0 spiro atoms. The maximum absolute atomic E-state index is 5.59. The summed E-state index contributed by atoms with van der Waals surface area (Å²) in [6.45, 7) is 1.22. The molecule has 1 saturated heterocycles. The minimum Gasteiger partial charge on any atom is -0.314 e. The maximum atomic E-state index is 5.59. The number of piperidine rings is 1. The zero-order chi connectivity index (χ0) is 7.23. The highest BCUT2D eigenvalue weighted by atomic mass is 35.5. The predicted octanol–water partition coefficient (Wildman–Crippen LogP) is 2.15. The molecule has 1 N–H and O–H groups in total. The summed E-state index contributed by atoms with van der Waals surface area (Å²) in [5.74, 6) is 0.818. The van der Waals surface area contributed by atoms with Gasteiger partial charge in [-0.25, -0.2) is 0 Å². The Morgan fingerprint density at radius 1 is 1.40 bits per heavy atom. The first-order valence-electron chi connectivity index (χ1n) is 4.23. The molecule has 0 bridgehead atoms. The summed E-state index contributed by atoms with van der Waals surface area (Å²) in [6.07, 6.45) is 6.55. The third-order valence-electron chi connectivity index (χ3n) is 2.10. The fourth-order valence-corrected chi connectivity index (χ4v) is 1.65. The summed E-state index contributed by atoms with van der Waals surface area (Å²) < 4.78 is 0. The lowest BCUT2D eigenvalue weighted by Gasteiger charge is -2.22. The summed E-state index contributed by atoms with van der Waals surface area (Å²) in [6, 6.07) is 0.771. The molecule has 2 heteroatoms. The Morgan fingerprint density at radius 3 is 2.90 bits per heavy atom. The quantitative estimate of drug-likeness (QED) is 0.626. The average molecular weight is 162 g/mol. The van der Waals surface area contributed by atoms with Gasteiger partial charge in [-0.3, -0.25) is 0 Å². The molecule has 0 aromatic heterocycles. The molecule has 60 valence electrons. The van der Waals surface area contributed by atoms with Gasteiger partial charge in [0.2, 0.25) is 0 Å². The lowest BCUT2D eigenvalue weighted by Crippen LogP contribution is -2.33. The van der Waals surface area contributed by atoms with Gasteiger partial charge in [-0.15, -0.1) is 11.6 Å². The normalized spacial score (nSPS) is 26.7. The first kappa shape index (κ1) is 8.35. The third-order valence-corrected chi connectivity index (χ3v) is 2.37. The number of halogens is 1. The maximum Gasteiger partial charge on any atom is 0.0224 e. The third kappa shape index (κ3) is 2.89. The van der Waals surface area contributed by atoms with Crippen LogP contribution < -0.4 is 5.32 Å². The molecule has 0 aromatic carbocycles. The van der Waals surface area contributed by atoms with Gasteiger partial charge in [-0.2, -0.15) is 0 Å². The molecule has 10 heavy (non-hydrogen) atoms. The first-order chi connectivity index (χ1) is 4.93. The molecule has 1 atom stereocenters. The number of nitrogens with one attached hydrogen (secondary N) is 1. The molecule has 0 unspecified atom stereocenters. The van der Waals surface area contributed by atoms with Crippen molar-refractivity contribution in [1.82, 2.24) is 5.32 Å². The molecular weight excluding hydrogens is 146 g/mol. The fourth-order valence-electron chi connectivity index (χ4n) is 1.49. The van der Waals surface area contributed by atoms with Crippen molar-refractivity contribution in [2.24, 2.45) is 0 Å². The van der Waals surface area contributed by atoms with Crippen LogP contribution in [0.3, 0.4) is 0 Å². The topological polar surface area (TPSA) is 12.0 Å². The Hall–Kier alpha value is 0.250. The Morgan fingerprint density at radius 2 is 2.30 bits per heavy atom. The van der Waals surface area contributed by atoms with E-state index in [0.29, 0.717) is 0 Å². The molecule has 1 aliphatic heterocycles. The summed E-state index contributed by atoms with van der Waals surface area (Å²) in [4.78, 5) is 0. The van der Waals surface area contributed by atoms with Crippen LogP contribution in [-0.4, -0.2) is 18.5 Å². The predicted molar refractivity (Wildman–Crippen MR) is 45.6 cm³/mol. The van der Waals surface area contributed by atoms with Crippen LogP contribution in [0.4, 0.5) is 0 Å². The van der Waals surface area contributed by atoms with Crippen LogP contribution in [0.15, 0.2) is 0 Å². The molecule has 1 fully saturated rings. The van der Waals surface area contributed by atoms with E-state index in [1.165, 1.54) is 38.6 Å². The second-order valence-corrected chi connectivity index (χ2v) is 3.36. The van der Waals surface area contributed by atoms with Gasteiger partial charge in [0.05, 0.1) is 0 Å². The minimum atomic E-state index is 0.771. The Labute approximate surface area is 68.1 Å². The van der Waals surface area contributed by atoms with Crippen LogP contribution in [0.25, 0.3) is 0 Å². The summed E-state index contributed by atoms with van der Waals surface area (Å²) in [7, 11) is 0. The summed E-state index contributed by atoms with van der Waals surface area (Å²) >= 11 is 5.59. The second kappa shape index (κ2) is 4.97. The Kier molecular flexibility index (Phi) is 4.15. The Balaban J connectivity index is 2.02. The SMILES string of the molecule is ClCCC[C@H]1CCCCN1. The van der Waals surface area contributed by atoms with Crippen LogP contribution in [-0.2, 0) is 0 Å². The largest absolute Gasteiger partial charge is 0.314 e. The lowest BCUT2D eigenvalue weighted by molar-refractivity contribution is 0.380. The minimum absolute atomic E-state index is 0.771. The number of rotatable bonds is 3. The van der Waals surface area contributed by atoms with Crippen molar-refractivity contribution < 1.29 is 0 Å². The summed E-state index contributed by atoms with van der Waals surface area (Å²) in [5.41, 5.74) is 0. The van der Waals surface area contributed by atoms with Gasteiger partial charge < -0.3 is 5.32 Å². The van der Waals surface area contributed by atoms with Crippen LogP contribution in [0.5, 0.6) is 0 Å². The molecular formula is C8H16ClN. The molecule has 0 radical (unpaired) electrons. The molecule has 0 aromatic rings. The van der Waals surface area contributed by atoms with Crippen molar-refractivity contribution >= 4 is 11.6 Å². The highest BCUT2D eigenvalue weighted by molar-refractivity contribution is 6.17. The van der Waals surface area contributed by atoms with E-state index in [9.17, 15) is 0 Å². The van der Waals surface area contributed by atoms with E-state index in [-0.39, 0.29) is 0 Å². The number of hydrogen-bond donors (Lipinski definition) is 1. The Bertz CT molecular complexity index is 79.3. The zero-order valence-corrected chi connectivity index (χ0v) is 7.16. The van der Waals surface area contributed by atoms with E-state index in [4.69, 9.17) is 11.6 Å². The molecule has 0 saturated carbocycles. The zero-order valence-electron chi connectivity index (χ0n) is 6.41. The van der Waals surface area contributed by atoms with Crippen molar-refractivity contribution in [3.05, 3.63) is 0 Å². The number of alkyl halides is 1. The molecule has 0 amide bonds. The molecule has 1 nitrogen and oxygen atoms in total. The van der Waals surface area contributed by atoms with Gasteiger partial charge in [0, 0.05) is 11.9 Å². The van der Waals surface area contributed by atoms with E-state index in [1.807, 2.05) is 0 Å². The standard InChI is InChI=1S/C8H16ClN/c9-6-3-5-8-4-1-2-7-10-8/h8,10H,1-7H2/t8-/m1/s1. The molecule has 0 aliphatic carbocycles. The first-order valence-corrected chi connectivity index (χ1v) is 4.76. The highest BCUT2D eigenvalue weighted by Gasteiger charge is 2.10. The van der Waals surface area contributed by atoms with E-state index < -0.39 is 0 Å². The van der Waals surface area contributed by atoms with Crippen LogP contribution in [0.1, 0.15) is 32.1 Å². The van der Waals surface area contributed by atoms with Gasteiger partial charge in [0.15, 0.2) is 0 Å². The van der Waals surface area contributed by atoms with Crippen molar-refractivity contribution in [1.29, 1.82) is 0 Å². The van der Waals surface area contributed by atoms with Crippen molar-refractivity contribution in [2.75, 3.05) is 12.4 Å². The van der Waals surface area contributed by atoms with Crippen LogP contribution in [0.2, 0.25) is 0 Å². The molecule has 1 heterocycles. The van der Waals surface area contributed by atoms with Gasteiger partial charge in [-0.05, 0) is 32.2 Å². The van der Waals surface area contributed by atoms with Gasteiger partial charge in [0.25, 0.3) is 0 Å². The second-order valence-electron chi connectivity index (χ2n) is 2.98. The van der Waals surface area contributed by atoms with Gasteiger partial charge in [0.1, 0.15) is 0 Å². The smallest absolute Gasteiger partial charge is 0.0224 e. The van der Waals surface area contributed by atoms with Crippen LogP contribution >= 0.6 is 11.6 Å². The summed E-state index contributed by atoms with van der Waals surface area (Å²) in [5, 5.41) is 3.50. The average Bonchev–Trinajstić information content (AvgIpc) is 2.03. The number of hydrogen-bond acceptors (Lipinski definition) is 1. The van der Waals surface area contributed by atoms with Gasteiger partial charge in [-0.1, -0.05) is 6.42 Å². The van der Waals surface area contributed by atoms with Crippen molar-refractivity contribution in [3.8, 4) is 0 Å².